The fourth-order valence-corrected chi connectivity index (χ4v) is 3.17. The van der Waals surface area contributed by atoms with Crippen molar-refractivity contribution in [2.75, 3.05) is 12.8 Å². The molecule has 3 rings (SSSR count). The second-order valence-corrected chi connectivity index (χ2v) is 6.42. The van der Waals surface area contributed by atoms with Crippen LogP contribution in [-0.4, -0.2) is 27.7 Å². The van der Waals surface area contributed by atoms with E-state index in [0.29, 0.717) is 0 Å². The summed E-state index contributed by atoms with van der Waals surface area (Å²) in [6.07, 6.45) is 5.05. The van der Waals surface area contributed by atoms with Crippen molar-refractivity contribution in [1.82, 2.24) is 14.9 Å². The molecule has 1 aliphatic heterocycles. The third kappa shape index (κ3) is 3.11. The summed E-state index contributed by atoms with van der Waals surface area (Å²) in [6.45, 7) is 7.44. The topological polar surface area (TPSA) is 29.0 Å². The number of benzene rings is 1. The normalized spacial score (nSPS) is 15.0. The number of aromatic nitrogens is 2. The van der Waals surface area contributed by atoms with Crippen molar-refractivity contribution in [2.45, 2.75) is 38.5 Å². The highest BCUT2D eigenvalue weighted by molar-refractivity contribution is 7.98. The van der Waals surface area contributed by atoms with Crippen molar-refractivity contribution in [3.8, 4) is 0 Å². The minimum atomic E-state index is 0.886. The van der Waals surface area contributed by atoms with Crippen molar-refractivity contribution in [1.29, 1.82) is 0 Å². The highest BCUT2D eigenvalue weighted by Gasteiger charge is 2.19. The lowest BCUT2D eigenvalue weighted by atomic mass is 10.0. The van der Waals surface area contributed by atoms with Gasteiger partial charge in [0.2, 0.25) is 0 Å². The first kappa shape index (κ1) is 14.5. The second-order valence-electron chi connectivity index (χ2n) is 5.65. The maximum Gasteiger partial charge on any atom is 0.187 e. The van der Waals surface area contributed by atoms with Crippen LogP contribution in [0.15, 0.2) is 29.6 Å². The van der Waals surface area contributed by atoms with Gasteiger partial charge in [0.15, 0.2) is 5.16 Å². The number of aryl methyl sites for hydroxylation is 1. The zero-order valence-corrected chi connectivity index (χ0v) is 13.7. The third-order valence-electron chi connectivity index (χ3n) is 4.28. The van der Waals surface area contributed by atoms with Crippen molar-refractivity contribution >= 4 is 11.8 Å². The molecule has 0 amide bonds. The number of thioether (sulfide) groups is 1. The van der Waals surface area contributed by atoms with Crippen LogP contribution in [0.1, 0.15) is 27.9 Å². The van der Waals surface area contributed by atoms with Crippen LogP contribution in [-0.2, 0) is 19.5 Å². The van der Waals surface area contributed by atoms with Crippen molar-refractivity contribution < 1.29 is 0 Å². The Morgan fingerprint density at radius 3 is 2.95 bits per heavy atom. The van der Waals surface area contributed by atoms with Crippen LogP contribution in [0.2, 0.25) is 0 Å². The van der Waals surface area contributed by atoms with Gasteiger partial charge in [-0.1, -0.05) is 30.0 Å². The van der Waals surface area contributed by atoms with E-state index < -0.39 is 0 Å². The third-order valence-corrected chi connectivity index (χ3v) is 4.85. The summed E-state index contributed by atoms with van der Waals surface area (Å²) in [4.78, 5) is 11.5. The molecular formula is C17H21N3S. The molecule has 0 fully saturated rings. The first-order valence-corrected chi connectivity index (χ1v) is 8.56. The van der Waals surface area contributed by atoms with E-state index in [1.165, 1.54) is 27.9 Å². The van der Waals surface area contributed by atoms with Gasteiger partial charge in [-0.2, -0.15) is 0 Å². The van der Waals surface area contributed by atoms with Crippen LogP contribution >= 0.6 is 11.8 Å². The summed E-state index contributed by atoms with van der Waals surface area (Å²) in [5, 5.41) is 0.886. The number of fused-ring (bicyclic) bond motifs is 1. The van der Waals surface area contributed by atoms with Crippen molar-refractivity contribution in [3.63, 3.8) is 0 Å². The van der Waals surface area contributed by atoms with E-state index in [1.54, 1.807) is 11.8 Å². The average molecular weight is 299 g/mol. The molecule has 2 heterocycles. The van der Waals surface area contributed by atoms with Crippen LogP contribution in [0.25, 0.3) is 0 Å². The van der Waals surface area contributed by atoms with E-state index in [9.17, 15) is 0 Å². The van der Waals surface area contributed by atoms with Gasteiger partial charge in [-0.25, -0.2) is 9.97 Å². The van der Waals surface area contributed by atoms with E-state index in [-0.39, 0.29) is 0 Å². The van der Waals surface area contributed by atoms with Crippen LogP contribution in [0.3, 0.4) is 0 Å². The molecule has 0 aliphatic carbocycles. The van der Waals surface area contributed by atoms with Gasteiger partial charge in [-0.15, -0.1) is 0 Å². The first-order valence-electron chi connectivity index (χ1n) is 7.33. The van der Waals surface area contributed by atoms with E-state index in [4.69, 9.17) is 0 Å². The lowest BCUT2D eigenvalue weighted by Crippen LogP contribution is -2.31. The summed E-state index contributed by atoms with van der Waals surface area (Å²) in [7, 11) is 0. The summed E-state index contributed by atoms with van der Waals surface area (Å²) in [5.41, 5.74) is 6.73. The highest BCUT2D eigenvalue weighted by Crippen LogP contribution is 2.22. The molecule has 1 aliphatic rings. The minimum Gasteiger partial charge on any atom is -0.294 e. The highest BCUT2D eigenvalue weighted by atomic mass is 32.2. The van der Waals surface area contributed by atoms with Gasteiger partial charge in [-0.3, -0.25) is 4.90 Å². The van der Waals surface area contributed by atoms with E-state index >= 15 is 0 Å². The van der Waals surface area contributed by atoms with Gasteiger partial charge >= 0.3 is 0 Å². The van der Waals surface area contributed by atoms with Crippen LogP contribution in [0, 0.1) is 13.8 Å². The molecule has 0 radical (unpaired) electrons. The summed E-state index contributed by atoms with van der Waals surface area (Å²) in [6, 6.07) is 6.58. The minimum absolute atomic E-state index is 0.886. The van der Waals surface area contributed by atoms with E-state index in [0.717, 1.165) is 31.2 Å². The molecule has 0 N–H and O–H groups in total. The Labute approximate surface area is 130 Å². The predicted molar refractivity (Wildman–Crippen MR) is 87.5 cm³/mol. The Kier molecular flexibility index (Phi) is 4.27. The van der Waals surface area contributed by atoms with Gasteiger partial charge in [-0.05, 0) is 36.8 Å². The smallest absolute Gasteiger partial charge is 0.187 e. The quantitative estimate of drug-likeness (QED) is 0.642. The number of rotatable bonds is 3. The molecule has 2 aromatic rings. The van der Waals surface area contributed by atoms with E-state index in [2.05, 4.69) is 46.9 Å². The molecule has 110 valence electrons. The molecule has 0 bridgehead atoms. The van der Waals surface area contributed by atoms with Crippen LogP contribution in [0.4, 0.5) is 0 Å². The number of hydrogen-bond donors (Lipinski definition) is 0. The molecule has 3 nitrogen and oxygen atoms in total. The molecular weight excluding hydrogens is 278 g/mol. The summed E-state index contributed by atoms with van der Waals surface area (Å²) < 4.78 is 0. The standard InChI is InChI=1S/C17H21N3S/c1-12-5-4-6-14(13(12)2)10-20-8-7-16-15(11-20)9-18-17(19-16)21-3/h4-6,9H,7-8,10-11H2,1-3H3. The Balaban J connectivity index is 1.76. The molecule has 0 atom stereocenters. The second kappa shape index (κ2) is 6.16. The SMILES string of the molecule is CSc1ncc2c(n1)CCN(Cc1cccc(C)c1C)C2. The summed E-state index contributed by atoms with van der Waals surface area (Å²) >= 11 is 1.61. The van der Waals surface area contributed by atoms with Gasteiger partial charge < -0.3 is 0 Å². The predicted octanol–water partition coefficient (Wildman–Crippen LogP) is 3.37. The molecule has 1 aromatic heterocycles. The average Bonchev–Trinajstić information content (AvgIpc) is 2.51. The lowest BCUT2D eigenvalue weighted by molar-refractivity contribution is 0.241. The molecule has 1 aromatic carbocycles. The summed E-state index contributed by atoms with van der Waals surface area (Å²) in [5.74, 6) is 0. The zero-order chi connectivity index (χ0) is 14.8. The van der Waals surface area contributed by atoms with E-state index in [1.807, 2.05) is 12.5 Å². The molecule has 0 spiro atoms. The van der Waals surface area contributed by atoms with Gasteiger partial charge in [0.05, 0.1) is 5.69 Å². The molecule has 0 saturated heterocycles. The Bertz CT molecular complexity index is 654. The largest absolute Gasteiger partial charge is 0.294 e. The van der Waals surface area contributed by atoms with Crippen LogP contribution in [0.5, 0.6) is 0 Å². The molecule has 4 heteroatoms. The van der Waals surface area contributed by atoms with Crippen molar-refractivity contribution in [2.24, 2.45) is 0 Å². The van der Waals surface area contributed by atoms with Crippen molar-refractivity contribution in [3.05, 3.63) is 52.3 Å². The number of hydrogen-bond acceptors (Lipinski definition) is 4. The first-order chi connectivity index (χ1) is 10.2. The molecule has 21 heavy (non-hydrogen) atoms. The van der Waals surface area contributed by atoms with Crippen LogP contribution < -0.4 is 0 Å². The lowest BCUT2D eigenvalue weighted by Gasteiger charge is -2.28. The van der Waals surface area contributed by atoms with Gasteiger partial charge in [0.1, 0.15) is 0 Å². The Morgan fingerprint density at radius 2 is 2.14 bits per heavy atom. The zero-order valence-electron chi connectivity index (χ0n) is 12.9. The number of nitrogens with zero attached hydrogens (tertiary/aromatic N) is 3. The maximum absolute atomic E-state index is 4.63. The van der Waals surface area contributed by atoms with Gasteiger partial charge in [0, 0.05) is 37.8 Å². The fourth-order valence-electron chi connectivity index (χ4n) is 2.81. The van der Waals surface area contributed by atoms with Gasteiger partial charge in [0.25, 0.3) is 0 Å². The Hall–Kier alpha value is -1.39. The monoisotopic (exact) mass is 299 g/mol. The molecule has 0 saturated carbocycles. The fraction of sp³-hybridized carbons (Fsp3) is 0.412. The Morgan fingerprint density at radius 1 is 1.29 bits per heavy atom. The molecule has 0 unspecified atom stereocenters. The maximum atomic E-state index is 4.63.